The van der Waals surface area contributed by atoms with Gasteiger partial charge in [0.25, 0.3) is 5.56 Å². The number of fused-ring (bicyclic) bond motifs is 1. The molecule has 0 saturated carbocycles. The first-order valence-corrected chi connectivity index (χ1v) is 10.0. The van der Waals surface area contributed by atoms with Crippen LogP contribution >= 0.6 is 23.4 Å². The molecule has 0 spiro atoms. The van der Waals surface area contributed by atoms with Gasteiger partial charge in [0.2, 0.25) is 11.8 Å². The van der Waals surface area contributed by atoms with E-state index in [1.165, 1.54) is 0 Å². The van der Waals surface area contributed by atoms with Crippen molar-refractivity contribution in [3.05, 3.63) is 33.6 Å². The number of aromatic nitrogens is 2. The molecule has 2 N–H and O–H groups in total. The molecule has 9 heteroatoms. The zero-order valence-corrected chi connectivity index (χ0v) is 17.3. The smallest absolute Gasteiger partial charge is 0.262 e. The Kier molecular flexibility index (Phi) is 7.26. The maximum Gasteiger partial charge on any atom is 0.262 e. The van der Waals surface area contributed by atoms with Gasteiger partial charge in [0.05, 0.1) is 16.7 Å². The van der Waals surface area contributed by atoms with E-state index in [2.05, 4.69) is 15.6 Å². The number of nitrogens with one attached hydrogen (secondary N) is 2. The molecule has 1 aromatic heterocycles. The molecule has 1 heterocycles. The van der Waals surface area contributed by atoms with Gasteiger partial charge in [-0.05, 0) is 45.9 Å². The Bertz CT molecular complexity index is 913. The van der Waals surface area contributed by atoms with Gasteiger partial charge in [0.15, 0.2) is 5.16 Å². The van der Waals surface area contributed by atoms with Crippen molar-refractivity contribution >= 4 is 46.1 Å². The number of nitrogens with zero attached hydrogens (tertiary/aromatic N) is 2. The average molecular weight is 411 g/mol. The first-order chi connectivity index (χ1) is 12.7. The third kappa shape index (κ3) is 5.23. The molecule has 2 aromatic rings. The number of carbonyl (C=O) groups excluding carboxylic acids is 2. The van der Waals surface area contributed by atoms with Crippen molar-refractivity contribution in [3.63, 3.8) is 0 Å². The molecule has 146 valence electrons. The van der Waals surface area contributed by atoms with Crippen LogP contribution in [0.3, 0.4) is 0 Å². The number of thioether (sulfide) groups is 1. The molecular formula is C18H23ClN4O3S. The molecule has 0 bridgehead atoms. The van der Waals surface area contributed by atoms with Gasteiger partial charge in [0, 0.05) is 17.6 Å². The van der Waals surface area contributed by atoms with Gasteiger partial charge in [-0.3, -0.25) is 19.0 Å². The van der Waals surface area contributed by atoms with Gasteiger partial charge in [0.1, 0.15) is 6.04 Å². The van der Waals surface area contributed by atoms with E-state index < -0.39 is 6.04 Å². The minimum Gasteiger partial charge on any atom is -0.355 e. The lowest BCUT2D eigenvalue weighted by molar-refractivity contribution is -0.127. The maximum absolute atomic E-state index is 12.8. The summed E-state index contributed by atoms with van der Waals surface area (Å²) in [5, 5.41) is 6.69. The van der Waals surface area contributed by atoms with Crippen molar-refractivity contribution in [2.75, 3.05) is 12.3 Å². The van der Waals surface area contributed by atoms with Crippen LogP contribution in [-0.4, -0.2) is 39.7 Å². The van der Waals surface area contributed by atoms with Crippen LogP contribution in [0, 0.1) is 0 Å². The number of hydrogen-bond acceptors (Lipinski definition) is 5. The quantitative estimate of drug-likeness (QED) is 0.540. The van der Waals surface area contributed by atoms with Gasteiger partial charge in [-0.1, -0.05) is 23.4 Å². The Balaban J connectivity index is 2.22. The maximum atomic E-state index is 12.8. The van der Waals surface area contributed by atoms with E-state index in [9.17, 15) is 14.4 Å². The third-order valence-electron chi connectivity index (χ3n) is 3.80. The second-order valence-electron chi connectivity index (χ2n) is 6.30. The molecular weight excluding hydrogens is 388 g/mol. The molecule has 7 nitrogen and oxygen atoms in total. The van der Waals surface area contributed by atoms with Crippen molar-refractivity contribution < 1.29 is 9.59 Å². The second-order valence-corrected chi connectivity index (χ2v) is 7.68. The van der Waals surface area contributed by atoms with Crippen LogP contribution in [0.2, 0.25) is 5.02 Å². The molecule has 0 unspecified atom stereocenters. The molecule has 0 aliphatic rings. The minimum absolute atomic E-state index is 0.0367. The van der Waals surface area contributed by atoms with E-state index in [4.69, 9.17) is 11.6 Å². The van der Waals surface area contributed by atoms with Crippen LogP contribution in [-0.2, 0) is 9.59 Å². The predicted molar refractivity (Wildman–Crippen MR) is 108 cm³/mol. The zero-order chi connectivity index (χ0) is 20.1. The summed E-state index contributed by atoms with van der Waals surface area (Å²) in [5.41, 5.74) is 0.313. The van der Waals surface area contributed by atoms with Crippen LogP contribution in [0.5, 0.6) is 0 Å². The second kappa shape index (κ2) is 9.23. The largest absolute Gasteiger partial charge is 0.355 e. The Morgan fingerprint density at radius 1 is 1.30 bits per heavy atom. The molecule has 0 fully saturated rings. The minimum atomic E-state index is -0.631. The summed E-state index contributed by atoms with van der Waals surface area (Å²) in [4.78, 5) is 41.2. The standard InChI is InChI=1S/C18H23ClN4O3S/c1-5-20-16(25)11(4)21-15(24)9-27-18-22-14-8-12(19)6-7-13(14)17(26)23(18)10(2)3/h6-8,10-11H,5,9H2,1-4H3,(H,20,25)(H,21,24)/t11-/m0/s1. The zero-order valence-electron chi connectivity index (χ0n) is 15.7. The summed E-state index contributed by atoms with van der Waals surface area (Å²) in [6.45, 7) is 7.69. The summed E-state index contributed by atoms with van der Waals surface area (Å²) < 4.78 is 1.56. The van der Waals surface area contributed by atoms with Crippen molar-refractivity contribution in [1.82, 2.24) is 20.2 Å². The SMILES string of the molecule is CCNC(=O)[C@H](C)NC(=O)CSc1nc2cc(Cl)ccc2c(=O)n1C(C)C. The lowest BCUT2D eigenvalue weighted by Crippen LogP contribution is -2.45. The van der Waals surface area contributed by atoms with Crippen LogP contribution in [0.1, 0.15) is 33.7 Å². The highest BCUT2D eigenvalue weighted by molar-refractivity contribution is 7.99. The molecule has 0 aliphatic heterocycles. The van der Waals surface area contributed by atoms with Crippen LogP contribution in [0.4, 0.5) is 0 Å². The fourth-order valence-corrected chi connectivity index (χ4v) is 3.62. The Morgan fingerprint density at radius 3 is 2.63 bits per heavy atom. The Morgan fingerprint density at radius 2 is 2.00 bits per heavy atom. The van der Waals surface area contributed by atoms with Crippen molar-refractivity contribution in [3.8, 4) is 0 Å². The number of amides is 2. The van der Waals surface area contributed by atoms with E-state index in [0.717, 1.165) is 11.8 Å². The molecule has 27 heavy (non-hydrogen) atoms. The van der Waals surface area contributed by atoms with Gasteiger partial charge in [-0.2, -0.15) is 0 Å². The lowest BCUT2D eigenvalue weighted by atomic mass is 10.2. The lowest BCUT2D eigenvalue weighted by Gasteiger charge is -2.17. The highest BCUT2D eigenvalue weighted by Gasteiger charge is 2.18. The third-order valence-corrected chi connectivity index (χ3v) is 4.99. The van der Waals surface area contributed by atoms with Crippen LogP contribution in [0.15, 0.2) is 28.2 Å². The highest BCUT2D eigenvalue weighted by atomic mass is 35.5. The van der Waals surface area contributed by atoms with E-state index in [0.29, 0.717) is 27.6 Å². The summed E-state index contributed by atoms with van der Waals surface area (Å²) in [6, 6.07) is 4.19. The number of likely N-dealkylation sites (N-methyl/N-ethyl adjacent to an activating group) is 1. The van der Waals surface area contributed by atoms with Gasteiger partial charge < -0.3 is 10.6 Å². The molecule has 1 atom stereocenters. The Hall–Kier alpha value is -2.06. The monoisotopic (exact) mass is 410 g/mol. The highest BCUT2D eigenvalue weighted by Crippen LogP contribution is 2.22. The van der Waals surface area contributed by atoms with Crippen LogP contribution in [0.25, 0.3) is 10.9 Å². The summed E-state index contributed by atoms with van der Waals surface area (Å²) >= 11 is 7.16. The molecule has 0 aliphatic carbocycles. The molecule has 0 saturated heterocycles. The van der Waals surface area contributed by atoms with Crippen molar-refractivity contribution in [2.24, 2.45) is 0 Å². The van der Waals surface area contributed by atoms with Gasteiger partial charge >= 0.3 is 0 Å². The predicted octanol–water partition coefficient (Wildman–Crippen LogP) is 2.36. The van der Waals surface area contributed by atoms with E-state index in [1.807, 2.05) is 20.8 Å². The molecule has 1 aromatic carbocycles. The topological polar surface area (TPSA) is 93.1 Å². The normalized spacial score (nSPS) is 12.2. The fourth-order valence-electron chi connectivity index (χ4n) is 2.52. The van der Waals surface area contributed by atoms with Crippen LogP contribution < -0.4 is 16.2 Å². The van der Waals surface area contributed by atoms with E-state index in [-0.39, 0.29) is 29.2 Å². The van der Waals surface area contributed by atoms with E-state index in [1.54, 1.807) is 29.7 Å². The molecule has 2 rings (SSSR count). The number of benzene rings is 1. The van der Waals surface area contributed by atoms with E-state index >= 15 is 0 Å². The van der Waals surface area contributed by atoms with Gasteiger partial charge in [-0.15, -0.1) is 0 Å². The summed E-state index contributed by atoms with van der Waals surface area (Å²) in [7, 11) is 0. The average Bonchev–Trinajstić information content (AvgIpc) is 2.59. The van der Waals surface area contributed by atoms with Crippen molar-refractivity contribution in [1.29, 1.82) is 0 Å². The Labute approximate surface area is 166 Å². The van der Waals surface area contributed by atoms with Gasteiger partial charge in [-0.25, -0.2) is 4.98 Å². The molecule has 2 amide bonds. The first-order valence-electron chi connectivity index (χ1n) is 8.66. The number of carbonyl (C=O) groups is 2. The number of rotatable bonds is 7. The van der Waals surface area contributed by atoms with Crippen molar-refractivity contribution in [2.45, 2.75) is 44.9 Å². The number of hydrogen-bond donors (Lipinski definition) is 2. The fraction of sp³-hybridized carbons (Fsp3) is 0.444. The first kappa shape index (κ1) is 21.2. The summed E-state index contributed by atoms with van der Waals surface area (Å²) in [5.74, 6) is -0.516. The molecule has 0 radical (unpaired) electrons. The summed E-state index contributed by atoms with van der Waals surface area (Å²) in [6.07, 6.45) is 0. The number of halogens is 1.